The Morgan fingerprint density at radius 1 is 0.255 bits per heavy atom. The number of rotatable bonds is 9. The molecule has 0 aliphatic rings. The van der Waals surface area contributed by atoms with Crippen LogP contribution in [-0.2, 0) is 0 Å². The van der Waals surface area contributed by atoms with Crippen molar-refractivity contribution in [2.24, 2.45) is 0 Å². The normalized spacial score (nSPS) is 10.9. The van der Waals surface area contributed by atoms with E-state index in [1.807, 2.05) is 78.9 Å². The van der Waals surface area contributed by atoms with Gasteiger partial charge in [0.25, 0.3) is 0 Å². The number of para-hydroxylation sites is 1. The zero-order chi connectivity index (χ0) is 36.8. The van der Waals surface area contributed by atoms with Crippen LogP contribution in [0, 0.1) is 0 Å². The average Bonchev–Trinajstić information content (AvgIpc) is 3.28. The van der Waals surface area contributed by atoms with Gasteiger partial charge in [0, 0.05) is 41.8 Å². The number of benzene rings is 3. The minimum atomic E-state index is 0.794. The maximum atomic E-state index is 4.95. The summed E-state index contributed by atoms with van der Waals surface area (Å²) in [5.41, 5.74) is 13.7. The minimum absolute atomic E-state index is 0.794. The van der Waals surface area contributed by atoms with Gasteiger partial charge in [-0.2, -0.15) is 0 Å². The third-order valence-electron chi connectivity index (χ3n) is 9.29. The summed E-state index contributed by atoms with van der Waals surface area (Å²) < 4.78 is 0. The Balaban J connectivity index is 1.08. The molecule has 0 N–H and O–H groups in total. The second-order valence-corrected chi connectivity index (χ2v) is 12.9. The average molecular weight is 708 g/mol. The number of pyridine rings is 6. The van der Waals surface area contributed by atoms with Gasteiger partial charge in [-0.15, -0.1) is 0 Å². The van der Waals surface area contributed by atoms with Gasteiger partial charge >= 0.3 is 0 Å². The Labute approximate surface area is 319 Å². The summed E-state index contributed by atoms with van der Waals surface area (Å²) in [5.74, 6) is 0. The molecule has 0 saturated carbocycles. The van der Waals surface area contributed by atoms with E-state index in [0.29, 0.717) is 0 Å². The molecule has 3 aromatic carbocycles. The van der Waals surface area contributed by atoms with Crippen LogP contribution in [0.4, 0.5) is 17.1 Å². The van der Waals surface area contributed by atoms with E-state index in [2.05, 4.69) is 122 Å². The SMILES string of the molecule is c1ccc(N(c2ccc(-c3cc(-c4ccccn4)nc(-c4ccccn4)c3)cc2)c2ccc(-c3cc(-c4ccccn4)nc(-c4ccccn4)c3)cc2)cc1. The Morgan fingerprint density at radius 3 is 0.873 bits per heavy atom. The first-order chi connectivity index (χ1) is 27.2. The van der Waals surface area contributed by atoms with Gasteiger partial charge in [-0.3, -0.25) is 19.9 Å². The Kier molecular flexibility index (Phi) is 9.15. The van der Waals surface area contributed by atoms with Gasteiger partial charge in [-0.25, -0.2) is 9.97 Å². The summed E-state index contributed by atoms with van der Waals surface area (Å²) in [4.78, 5) is 30.5. The first-order valence-electron chi connectivity index (χ1n) is 18.0. The molecule has 0 radical (unpaired) electrons. The fraction of sp³-hybridized carbons (Fsp3) is 0. The second kappa shape index (κ2) is 15.1. The molecule has 55 heavy (non-hydrogen) atoms. The molecule has 6 heterocycles. The topological polar surface area (TPSA) is 80.6 Å². The second-order valence-electron chi connectivity index (χ2n) is 12.9. The molecule has 0 spiro atoms. The van der Waals surface area contributed by atoms with Crippen molar-refractivity contribution in [1.82, 2.24) is 29.9 Å². The van der Waals surface area contributed by atoms with Gasteiger partial charge in [0.1, 0.15) is 0 Å². The third-order valence-corrected chi connectivity index (χ3v) is 9.29. The maximum Gasteiger partial charge on any atom is 0.0900 e. The number of aromatic nitrogens is 6. The summed E-state index contributed by atoms with van der Waals surface area (Å²) >= 11 is 0. The molecule has 0 saturated heterocycles. The van der Waals surface area contributed by atoms with Crippen molar-refractivity contribution >= 4 is 17.1 Å². The van der Waals surface area contributed by atoms with Crippen molar-refractivity contribution in [3.8, 4) is 67.8 Å². The smallest absolute Gasteiger partial charge is 0.0900 e. The van der Waals surface area contributed by atoms with E-state index in [1.165, 1.54) is 0 Å². The molecule has 0 fully saturated rings. The highest BCUT2D eigenvalue weighted by molar-refractivity contribution is 5.82. The lowest BCUT2D eigenvalue weighted by atomic mass is 10.0. The number of hydrogen-bond acceptors (Lipinski definition) is 7. The molecule has 0 unspecified atom stereocenters. The van der Waals surface area contributed by atoms with E-state index in [-0.39, 0.29) is 0 Å². The predicted molar refractivity (Wildman–Crippen MR) is 221 cm³/mol. The van der Waals surface area contributed by atoms with E-state index < -0.39 is 0 Å². The highest BCUT2D eigenvalue weighted by Crippen LogP contribution is 2.38. The van der Waals surface area contributed by atoms with Gasteiger partial charge in [0.15, 0.2) is 0 Å². The van der Waals surface area contributed by atoms with Crippen LogP contribution >= 0.6 is 0 Å². The number of hydrogen-bond donors (Lipinski definition) is 0. The highest BCUT2D eigenvalue weighted by atomic mass is 15.1. The predicted octanol–water partition coefficient (Wildman–Crippen LogP) is 11.5. The number of anilines is 3. The van der Waals surface area contributed by atoms with E-state index in [9.17, 15) is 0 Å². The Morgan fingerprint density at radius 2 is 0.564 bits per heavy atom. The lowest BCUT2D eigenvalue weighted by Gasteiger charge is -2.26. The summed E-state index contributed by atoms with van der Waals surface area (Å²) in [6.45, 7) is 0. The molecule has 6 aromatic heterocycles. The number of nitrogens with zero attached hydrogens (tertiary/aromatic N) is 7. The first kappa shape index (κ1) is 33.2. The fourth-order valence-corrected chi connectivity index (χ4v) is 6.61. The first-order valence-corrected chi connectivity index (χ1v) is 18.0. The van der Waals surface area contributed by atoms with Gasteiger partial charge in [-0.05, 0) is 131 Å². The lowest BCUT2D eigenvalue weighted by molar-refractivity contribution is 1.22. The van der Waals surface area contributed by atoms with Crippen LogP contribution in [0.1, 0.15) is 0 Å². The van der Waals surface area contributed by atoms with Crippen molar-refractivity contribution in [3.05, 3.63) is 201 Å². The summed E-state index contributed by atoms with van der Waals surface area (Å²) in [6.07, 6.45) is 7.17. The summed E-state index contributed by atoms with van der Waals surface area (Å²) in [6, 6.07) is 59.6. The largest absolute Gasteiger partial charge is 0.311 e. The van der Waals surface area contributed by atoms with Crippen LogP contribution in [0.25, 0.3) is 67.8 Å². The molecule has 0 atom stereocenters. The van der Waals surface area contributed by atoms with Crippen LogP contribution in [0.5, 0.6) is 0 Å². The molecule has 0 amide bonds. The molecule has 0 aliphatic heterocycles. The highest BCUT2D eigenvalue weighted by Gasteiger charge is 2.16. The molecular weight excluding hydrogens is 675 g/mol. The third kappa shape index (κ3) is 7.23. The van der Waals surface area contributed by atoms with Crippen LogP contribution in [0.2, 0.25) is 0 Å². The molecular formula is C48H33N7. The minimum Gasteiger partial charge on any atom is -0.311 e. The molecule has 7 heteroatoms. The van der Waals surface area contributed by atoms with Crippen LogP contribution in [-0.4, -0.2) is 29.9 Å². The Bertz CT molecular complexity index is 2370. The van der Waals surface area contributed by atoms with Crippen molar-refractivity contribution < 1.29 is 0 Å². The van der Waals surface area contributed by atoms with Gasteiger partial charge in [0.05, 0.1) is 45.6 Å². The quantitative estimate of drug-likeness (QED) is 0.148. The lowest BCUT2D eigenvalue weighted by Crippen LogP contribution is -2.09. The van der Waals surface area contributed by atoms with Crippen LogP contribution in [0.15, 0.2) is 201 Å². The van der Waals surface area contributed by atoms with Crippen LogP contribution in [0.3, 0.4) is 0 Å². The van der Waals surface area contributed by atoms with Crippen molar-refractivity contribution in [3.63, 3.8) is 0 Å². The fourth-order valence-electron chi connectivity index (χ4n) is 6.61. The van der Waals surface area contributed by atoms with E-state index >= 15 is 0 Å². The molecule has 7 nitrogen and oxygen atoms in total. The van der Waals surface area contributed by atoms with E-state index in [1.54, 1.807) is 24.8 Å². The standard InChI is InChI=1S/C48H33N7/c1-2-12-38(13-3-1)55(39-22-18-34(19-23-39)36-30-45(41-14-4-8-26-49-41)53-46(31-36)42-15-5-9-27-50-42)40-24-20-35(21-25-40)37-32-47(43-16-6-10-28-51-43)54-48(33-37)44-17-7-11-29-52-44/h1-33H. The van der Waals surface area contributed by atoms with Crippen molar-refractivity contribution in [2.75, 3.05) is 4.90 Å². The monoisotopic (exact) mass is 707 g/mol. The Hall–Kier alpha value is -7.64. The zero-order valence-electron chi connectivity index (χ0n) is 29.7. The molecule has 9 aromatic rings. The van der Waals surface area contributed by atoms with Crippen LogP contribution < -0.4 is 4.90 Å². The molecule has 0 aliphatic carbocycles. The summed E-state index contributed by atoms with van der Waals surface area (Å²) in [7, 11) is 0. The molecule has 9 rings (SSSR count). The molecule has 260 valence electrons. The van der Waals surface area contributed by atoms with Gasteiger partial charge in [-0.1, -0.05) is 66.7 Å². The summed E-state index contributed by atoms with van der Waals surface area (Å²) in [5, 5.41) is 0. The zero-order valence-corrected chi connectivity index (χ0v) is 29.7. The molecule has 0 bridgehead atoms. The maximum absolute atomic E-state index is 4.95. The van der Waals surface area contributed by atoms with Gasteiger partial charge < -0.3 is 4.90 Å². The van der Waals surface area contributed by atoms with E-state index in [4.69, 9.17) is 9.97 Å². The van der Waals surface area contributed by atoms with Crippen molar-refractivity contribution in [1.29, 1.82) is 0 Å². The van der Waals surface area contributed by atoms with E-state index in [0.717, 1.165) is 84.9 Å². The van der Waals surface area contributed by atoms with Crippen molar-refractivity contribution in [2.45, 2.75) is 0 Å². The van der Waals surface area contributed by atoms with Gasteiger partial charge in [0.2, 0.25) is 0 Å².